The van der Waals surface area contributed by atoms with Crippen LogP contribution in [0.5, 0.6) is 0 Å². The van der Waals surface area contributed by atoms with E-state index < -0.39 is 36.6 Å². The van der Waals surface area contributed by atoms with Crippen LogP contribution < -0.4 is 26.6 Å². The van der Waals surface area contributed by atoms with Gasteiger partial charge in [0.05, 0.1) is 23.3 Å². The Hall–Kier alpha value is -6.96. The van der Waals surface area contributed by atoms with Crippen molar-refractivity contribution in [2.45, 2.75) is 57.4 Å². The summed E-state index contributed by atoms with van der Waals surface area (Å²) in [5, 5.41) is 23.5. The molecule has 3 fully saturated rings. The van der Waals surface area contributed by atoms with Gasteiger partial charge >= 0.3 is 17.9 Å². The monoisotopic (exact) mass is 889 g/mol. The van der Waals surface area contributed by atoms with Crippen LogP contribution in [0, 0.1) is 17.3 Å². The highest BCUT2D eigenvalue weighted by Crippen LogP contribution is 2.56. The van der Waals surface area contributed by atoms with Gasteiger partial charge in [-0.15, -0.1) is 0 Å². The Labute approximate surface area is 374 Å². The van der Waals surface area contributed by atoms with Crippen LogP contribution in [-0.4, -0.2) is 115 Å². The summed E-state index contributed by atoms with van der Waals surface area (Å²) in [7, 11) is 0. The quantitative estimate of drug-likeness (QED) is 0.0821. The van der Waals surface area contributed by atoms with Crippen molar-refractivity contribution < 1.29 is 38.9 Å². The standard InChI is InChI=1S/C22H25N5O4.C14H16N4O2.C10H14N2O2/c28-12-18(22(30)31-13-15-4-2-1-3-5-15)26-21(29)16-7-10-27(11-8-16)20-17-6-9-23-19(17)24-14-25-20;19-13(20)10-2-6-18(7-14(10)3-4-14)12-9-1-5-15-11(9)16-8-17-12;11-6-9(12)10(13)14-7-8-4-2-1-3-5-8/h1-6,9,14,16,18,28H,7-8,10-13H2,(H,26,29)(H,23,24,25);1,5,8,10H,2-4,6-7H2,(H,19,20)(H,15,16,17);1-5,9H,6-7,11-12H2/t18-;10-;9-/m010/s1. The lowest BCUT2D eigenvalue weighted by atomic mass is 9.82. The molecule has 3 atom stereocenters. The number of anilines is 2. The van der Waals surface area contributed by atoms with E-state index in [1.807, 2.05) is 85.2 Å². The normalized spacial score (nSPS) is 17.5. The minimum Gasteiger partial charge on any atom is -0.481 e. The molecule has 2 aliphatic heterocycles. The van der Waals surface area contributed by atoms with E-state index in [4.69, 9.17) is 20.9 Å². The third-order valence-electron chi connectivity index (χ3n) is 12.0. The molecule has 1 amide bonds. The molecule has 1 aliphatic carbocycles. The number of amides is 1. The van der Waals surface area contributed by atoms with E-state index in [0.29, 0.717) is 32.4 Å². The summed E-state index contributed by atoms with van der Waals surface area (Å²) in [6.45, 7) is 2.80. The largest absolute Gasteiger partial charge is 0.481 e. The first-order valence-electron chi connectivity index (χ1n) is 21.7. The zero-order chi connectivity index (χ0) is 45.8. The Morgan fingerprint density at radius 2 is 1.28 bits per heavy atom. The van der Waals surface area contributed by atoms with Gasteiger partial charge in [0.1, 0.15) is 54.8 Å². The smallest absolute Gasteiger partial charge is 0.331 e. The number of esters is 2. The third kappa shape index (κ3) is 11.6. The number of carboxylic acids is 1. The predicted octanol–water partition coefficient (Wildman–Crippen LogP) is 3.06. The number of rotatable bonds is 13. The molecular weight excluding hydrogens is 835 g/mol. The number of benzene rings is 2. The first-order chi connectivity index (χ1) is 31.6. The maximum atomic E-state index is 12.7. The minimum atomic E-state index is -1.07. The number of hydrogen-bond acceptors (Lipinski definition) is 15. The van der Waals surface area contributed by atoms with Crippen molar-refractivity contribution in [2.75, 3.05) is 49.1 Å². The van der Waals surface area contributed by atoms with Gasteiger partial charge in [0.25, 0.3) is 0 Å². The van der Waals surface area contributed by atoms with Crippen LogP contribution in [-0.2, 0) is 41.9 Å². The molecule has 0 unspecified atom stereocenters. The van der Waals surface area contributed by atoms with Gasteiger partial charge in [0.2, 0.25) is 5.91 Å². The van der Waals surface area contributed by atoms with Crippen molar-refractivity contribution in [3.8, 4) is 0 Å². The van der Waals surface area contributed by atoms with Crippen molar-refractivity contribution in [1.82, 2.24) is 35.2 Å². The van der Waals surface area contributed by atoms with Crippen LogP contribution in [0.2, 0.25) is 0 Å². The molecule has 2 saturated heterocycles. The fourth-order valence-corrected chi connectivity index (χ4v) is 8.20. The molecule has 65 heavy (non-hydrogen) atoms. The van der Waals surface area contributed by atoms with Gasteiger partial charge < -0.3 is 56.2 Å². The van der Waals surface area contributed by atoms with E-state index in [2.05, 4.69) is 45.0 Å². The van der Waals surface area contributed by atoms with Crippen LogP contribution in [0.1, 0.15) is 43.2 Å². The highest BCUT2D eigenvalue weighted by atomic mass is 16.5. The molecule has 6 aromatic rings. The summed E-state index contributed by atoms with van der Waals surface area (Å²) in [6, 6.07) is 20.8. The van der Waals surface area contributed by atoms with Crippen molar-refractivity contribution in [3.05, 3.63) is 109 Å². The molecule has 6 heterocycles. The average molecular weight is 890 g/mol. The number of carbonyl (C=O) groups excluding carboxylic acids is 3. The van der Waals surface area contributed by atoms with Crippen LogP contribution >= 0.6 is 0 Å². The van der Waals surface area contributed by atoms with Crippen molar-refractivity contribution in [3.63, 3.8) is 0 Å². The second kappa shape index (κ2) is 21.6. The number of aromatic amines is 2. The van der Waals surface area contributed by atoms with Crippen molar-refractivity contribution >= 4 is 57.5 Å². The van der Waals surface area contributed by atoms with Gasteiger partial charge in [0.15, 0.2) is 6.04 Å². The molecule has 0 bridgehead atoms. The molecule has 9 rings (SSSR count). The van der Waals surface area contributed by atoms with Gasteiger partial charge in [-0.3, -0.25) is 14.4 Å². The fourth-order valence-electron chi connectivity index (χ4n) is 8.20. The van der Waals surface area contributed by atoms with E-state index in [9.17, 15) is 29.4 Å². The summed E-state index contributed by atoms with van der Waals surface area (Å²) >= 11 is 0. The van der Waals surface area contributed by atoms with Crippen molar-refractivity contribution in [1.29, 1.82) is 0 Å². The molecule has 1 saturated carbocycles. The SMILES string of the molecule is NC[C@H](N)C(=O)OCc1ccccc1.O=C(N[C@@H](CO)C(=O)OCc1ccccc1)C1CCN(c2ncnc3[nH]ccc23)CC1.O=C(O)[C@H]1CCN(c2ncnc3[nH]ccc23)CC12CC2. The minimum absolute atomic E-state index is 0.0301. The Balaban J connectivity index is 0.000000158. The number of aliphatic carboxylic acids is 1. The lowest BCUT2D eigenvalue weighted by Gasteiger charge is -2.38. The molecule has 19 nitrogen and oxygen atoms in total. The molecule has 1 spiro atoms. The highest BCUT2D eigenvalue weighted by Gasteiger charge is 2.55. The fraction of sp³-hybridized carbons (Fsp3) is 0.391. The van der Waals surface area contributed by atoms with E-state index >= 15 is 0 Å². The summed E-state index contributed by atoms with van der Waals surface area (Å²) in [4.78, 5) is 75.2. The number of H-pyrrole nitrogens is 2. The topological polar surface area (TPSA) is 281 Å². The molecule has 342 valence electrons. The Morgan fingerprint density at radius 3 is 1.78 bits per heavy atom. The van der Waals surface area contributed by atoms with E-state index in [0.717, 1.165) is 70.8 Å². The highest BCUT2D eigenvalue weighted by molar-refractivity contribution is 5.89. The molecule has 19 heteroatoms. The van der Waals surface area contributed by atoms with E-state index in [1.54, 1.807) is 6.33 Å². The number of nitrogens with two attached hydrogens (primary N) is 2. The Morgan fingerprint density at radius 1 is 0.754 bits per heavy atom. The second-order valence-electron chi connectivity index (χ2n) is 16.4. The molecule has 4 aromatic heterocycles. The first kappa shape index (κ1) is 46.0. The number of fused-ring (bicyclic) bond motifs is 2. The lowest BCUT2D eigenvalue weighted by Crippen LogP contribution is -2.48. The van der Waals surface area contributed by atoms with Crippen LogP contribution in [0.3, 0.4) is 0 Å². The van der Waals surface area contributed by atoms with Crippen LogP contribution in [0.15, 0.2) is 97.8 Å². The van der Waals surface area contributed by atoms with E-state index in [1.165, 1.54) is 6.33 Å². The maximum absolute atomic E-state index is 12.7. The average Bonchev–Trinajstić information content (AvgIpc) is 3.67. The third-order valence-corrected chi connectivity index (χ3v) is 12.0. The number of aliphatic hydroxyl groups is 1. The molecular formula is C46H55N11O8. The number of carbonyl (C=O) groups is 4. The summed E-state index contributed by atoms with van der Waals surface area (Å²) < 4.78 is 10.2. The number of carboxylic acid groups (broad SMARTS) is 1. The summed E-state index contributed by atoms with van der Waals surface area (Å²) in [5.41, 5.74) is 14.0. The Bertz CT molecular complexity index is 2510. The number of aliphatic hydroxyl groups excluding tert-OH is 1. The maximum Gasteiger partial charge on any atom is 0.331 e. The van der Waals surface area contributed by atoms with E-state index in [-0.39, 0.29) is 42.9 Å². The molecule has 3 aliphatic rings. The van der Waals surface area contributed by atoms with Gasteiger partial charge in [-0.05, 0) is 55.4 Å². The van der Waals surface area contributed by atoms with Gasteiger partial charge in [-0.1, -0.05) is 60.7 Å². The van der Waals surface area contributed by atoms with Gasteiger partial charge in [-0.2, -0.15) is 0 Å². The number of hydrogen-bond donors (Lipinski definition) is 7. The molecule has 2 aromatic carbocycles. The van der Waals surface area contributed by atoms with Crippen LogP contribution in [0.25, 0.3) is 22.1 Å². The lowest BCUT2D eigenvalue weighted by molar-refractivity contribution is -0.150. The number of nitrogens with zero attached hydrogens (tertiary/aromatic N) is 6. The molecule has 0 radical (unpaired) electrons. The number of aromatic nitrogens is 6. The zero-order valence-electron chi connectivity index (χ0n) is 35.9. The first-order valence-corrected chi connectivity index (χ1v) is 21.7. The summed E-state index contributed by atoms with van der Waals surface area (Å²) in [6.07, 6.45) is 10.8. The zero-order valence-corrected chi connectivity index (χ0v) is 35.9. The van der Waals surface area contributed by atoms with Gasteiger partial charge in [-0.25, -0.2) is 24.7 Å². The number of ether oxygens (including phenoxy) is 2. The summed E-state index contributed by atoms with van der Waals surface area (Å²) in [5.74, 6) is -0.655. The Kier molecular flexibility index (Phi) is 15.3. The van der Waals surface area contributed by atoms with Crippen LogP contribution in [0.4, 0.5) is 11.6 Å². The van der Waals surface area contributed by atoms with Gasteiger partial charge in [0, 0.05) is 56.5 Å². The van der Waals surface area contributed by atoms with Crippen molar-refractivity contribution in [2.24, 2.45) is 28.7 Å². The molecule has 9 N–H and O–H groups in total. The predicted molar refractivity (Wildman–Crippen MR) is 241 cm³/mol. The second-order valence-corrected chi connectivity index (χ2v) is 16.4. The number of nitrogens with one attached hydrogen (secondary N) is 3. The number of piperidine rings is 2.